The Morgan fingerprint density at radius 2 is 2.12 bits per heavy atom. The Morgan fingerprint density at radius 1 is 1.28 bits per heavy atom. The van der Waals surface area contributed by atoms with Crippen molar-refractivity contribution in [2.24, 2.45) is 5.10 Å². The van der Waals surface area contributed by atoms with Crippen molar-refractivity contribution >= 4 is 23.2 Å². The monoisotopic (exact) mass is 340 g/mol. The lowest BCUT2D eigenvalue weighted by atomic mass is 10.1. The van der Waals surface area contributed by atoms with Crippen molar-refractivity contribution in [2.75, 3.05) is 12.4 Å². The van der Waals surface area contributed by atoms with E-state index in [1.54, 1.807) is 24.4 Å². The number of pyridine rings is 1. The molecule has 128 valence electrons. The highest BCUT2D eigenvalue weighted by Gasteiger charge is 2.21. The van der Waals surface area contributed by atoms with Crippen molar-refractivity contribution in [2.45, 2.75) is 19.3 Å². The van der Waals surface area contributed by atoms with Crippen molar-refractivity contribution in [1.29, 1.82) is 0 Å². The van der Waals surface area contributed by atoms with Gasteiger partial charge in [-0.15, -0.1) is 0 Å². The summed E-state index contributed by atoms with van der Waals surface area (Å²) in [5.74, 6) is -0.739. The third kappa shape index (κ3) is 4.26. The molecule has 1 aromatic carbocycles. The molecule has 0 saturated carbocycles. The predicted molar refractivity (Wildman–Crippen MR) is 91.5 cm³/mol. The SMILES string of the molecule is CN1N=C(C(=O)Nc2ccc(Cc3cccc(F)c3)nc2)CCC1=O. The Bertz CT molecular complexity index is 833. The maximum absolute atomic E-state index is 13.2. The van der Waals surface area contributed by atoms with Crippen LogP contribution in [0, 0.1) is 5.82 Å². The fraction of sp³-hybridized carbons (Fsp3) is 0.222. The molecular formula is C18H17FN4O2. The molecule has 3 rings (SSSR count). The van der Waals surface area contributed by atoms with Crippen LogP contribution >= 0.6 is 0 Å². The molecule has 2 heterocycles. The van der Waals surface area contributed by atoms with Crippen LogP contribution < -0.4 is 5.32 Å². The van der Waals surface area contributed by atoms with Gasteiger partial charge in [0.1, 0.15) is 11.5 Å². The van der Waals surface area contributed by atoms with Gasteiger partial charge >= 0.3 is 0 Å². The minimum absolute atomic E-state index is 0.111. The van der Waals surface area contributed by atoms with Gasteiger partial charge in [0.25, 0.3) is 5.91 Å². The first kappa shape index (κ1) is 16.8. The van der Waals surface area contributed by atoms with Crippen molar-refractivity contribution in [3.63, 3.8) is 0 Å². The quantitative estimate of drug-likeness (QED) is 0.928. The molecule has 0 atom stereocenters. The highest BCUT2D eigenvalue weighted by atomic mass is 19.1. The van der Waals surface area contributed by atoms with Crippen LogP contribution in [-0.2, 0) is 16.0 Å². The summed E-state index contributed by atoms with van der Waals surface area (Å²) in [7, 11) is 1.53. The Morgan fingerprint density at radius 3 is 2.80 bits per heavy atom. The Kier molecular flexibility index (Phi) is 4.83. The minimum Gasteiger partial charge on any atom is -0.319 e. The van der Waals surface area contributed by atoms with Gasteiger partial charge in [-0.3, -0.25) is 14.6 Å². The third-order valence-electron chi connectivity index (χ3n) is 3.83. The number of anilines is 1. The van der Waals surface area contributed by atoms with E-state index in [0.29, 0.717) is 24.2 Å². The molecule has 2 amide bonds. The largest absolute Gasteiger partial charge is 0.319 e. The number of carbonyl (C=O) groups is 2. The van der Waals surface area contributed by atoms with Gasteiger partial charge in [0.05, 0.1) is 11.9 Å². The third-order valence-corrected chi connectivity index (χ3v) is 3.83. The summed E-state index contributed by atoms with van der Waals surface area (Å²) >= 11 is 0. The minimum atomic E-state index is -0.348. The molecule has 1 aliphatic heterocycles. The molecule has 0 aliphatic carbocycles. The van der Waals surface area contributed by atoms with Gasteiger partial charge < -0.3 is 5.32 Å². The second-order valence-electron chi connectivity index (χ2n) is 5.76. The molecule has 0 unspecified atom stereocenters. The van der Waals surface area contributed by atoms with E-state index in [1.165, 1.54) is 24.2 Å². The Balaban J connectivity index is 1.63. The van der Waals surface area contributed by atoms with E-state index in [0.717, 1.165) is 11.3 Å². The first-order valence-electron chi connectivity index (χ1n) is 7.86. The van der Waals surface area contributed by atoms with Gasteiger partial charge in [-0.05, 0) is 29.8 Å². The lowest BCUT2D eigenvalue weighted by molar-refractivity contribution is -0.130. The lowest BCUT2D eigenvalue weighted by Crippen LogP contribution is -2.34. The molecule has 1 aromatic heterocycles. The number of amides is 2. The smallest absolute Gasteiger partial charge is 0.271 e. The van der Waals surface area contributed by atoms with E-state index in [9.17, 15) is 14.0 Å². The molecule has 0 fully saturated rings. The van der Waals surface area contributed by atoms with Crippen LogP contribution in [0.15, 0.2) is 47.7 Å². The summed E-state index contributed by atoms with van der Waals surface area (Å²) < 4.78 is 13.2. The van der Waals surface area contributed by atoms with Gasteiger partial charge in [0.2, 0.25) is 5.91 Å². The van der Waals surface area contributed by atoms with E-state index >= 15 is 0 Å². The van der Waals surface area contributed by atoms with Gasteiger partial charge in [-0.2, -0.15) is 5.10 Å². The van der Waals surface area contributed by atoms with Crippen LogP contribution in [0.2, 0.25) is 0 Å². The zero-order valence-electron chi connectivity index (χ0n) is 13.7. The number of halogens is 1. The van der Waals surface area contributed by atoms with E-state index in [1.807, 2.05) is 6.07 Å². The second kappa shape index (κ2) is 7.21. The fourth-order valence-electron chi connectivity index (χ4n) is 2.50. The molecule has 0 spiro atoms. The zero-order valence-corrected chi connectivity index (χ0v) is 13.7. The number of hydrogen-bond donors (Lipinski definition) is 1. The Hall–Kier alpha value is -3.09. The van der Waals surface area contributed by atoms with E-state index in [-0.39, 0.29) is 24.1 Å². The summed E-state index contributed by atoms with van der Waals surface area (Å²) in [6.45, 7) is 0. The summed E-state index contributed by atoms with van der Waals surface area (Å²) in [6, 6.07) is 9.87. The molecule has 6 nitrogen and oxygen atoms in total. The van der Waals surface area contributed by atoms with E-state index in [4.69, 9.17) is 0 Å². The molecule has 0 radical (unpaired) electrons. The number of rotatable bonds is 4. The standard InChI is InChI=1S/C18H17FN4O2/c1-23-17(24)8-7-16(22-23)18(25)21-15-6-5-14(20-11-15)10-12-3-2-4-13(19)9-12/h2-6,9,11H,7-8,10H2,1H3,(H,21,25). The first-order valence-corrected chi connectivity index (χ1v) is 7.86. The Labute approximate surface area is 144 Å². The molecule has 2 aromatic rings. The maximum atomic E-state index is 13.2. The number of nitrogens with one attached hydrogen (secondary N) is 1. The molecule has 0 saturated heterocycles. The van der Waals surface area contributed by atoms with Gasteiger partial charge in [0.15, 0.2) is 0 Å². The van der Waals surface area contributed by atoms with Crippen LogP contribution in [0.1, 0.15) is 24.1 Å². The maximum Gasteiger partial charge on any atom is 0.271 e. The molecule has 25 heavy (non-hydrogen) atoms. The fourth-order valence-corrected chi connectivity index (χ4v) is 2.50. The van der Waals surface area contributed by atoms with Crippen LogP contribution in [-0.4, -0.2) is 34.6 Å². The van der Waals surface area contributed by atoms with Crippen molar-refractivity contribution in [1.82, 2.24) is 9.99 Å². The highest BCUT2D eigenvalue weighted by molar-refractivity contribution is 6.43. The summed E-state index contributed by atoms with van der Waals surface area (Å²) in [5.41, 5.74) is 2.44. The normalized spacial score (nSPS) is 14.2. The summed E-state index contributed by atoms with van der Waals surface area (Å²) in [5, 5.41) is 7.87. The summed E-state index contributed by atoms with van der Waals surface area (Å²) in [6.07, 6.45) is 2.64. The van der Waals surface area contributed by atoms with Crippen LogP contribution in [0.4, 0.5) is 10.1 Å². The van der Waals surface area contributed by atoms with Crippen molar-refractivity contribution in [3.05, 3.63) is 59.7 Å². The number of aromatic nitrogens is 1. The average molecular weight is 340 g/mol. The zero-order chi connectivity index (χ0) is 17.8. The number of carbonyl (C=O) groups excluding carboxylic acids is 2. The highest BCUT2D eigenvalue weighted by Crippen LogP contribution is 2.13. The lowest BCUT2D eigenvalue weighted by Gasteiger charge is -2.18. The topological polar surface area (TPSA) is 74.7 Å². The molecule has 1 aliphatic rings. The van der Waals surface area contributed by atoms with Crippen LogP contribution in [0.5, 0.6) is 0 Å². The first-order chi connectivity index (χ1) is 12.0. The van der Waals surface area contributed by atoms with Crippen LogP contribution in [0.25, 0.3) is 0 Å². The molecule has 0 bridgehead atoms. The van der Waals surface area contributed by atoms with Crippen LogP contribution in [0.3, 0.4) is 0 Å². The number of hydrazone groups is 1. The summed E-state index contributed by atoms with van der Waals surface area (Å²) in [4.78, 5) is 27.9. The van der Waals surface area contributed by atoms with Crippen molar-refractivity contribution < 1.29 is 14.0 Å². The van der Waals surface area contributed by atoms with E-state index in [2.05, 4.69) is 15.4 Å². The number of hydrogen-bond acceptors (Lipinski definition) is 4. The van der Waals surface area contributed by atoms with Crippen molar-refractivity contribution in [3.8, 4) is 0 Å². The number of benzene rings is 1. The van der Waals surface area contributed by atoms with Gasteiger partial charge in [0, 0.05) is 32.0 Å². The van der Waals surface area contributed by atoms with E-state index < -0.39 is 0 Å². The molecule has 1 N–H and O–H groups in total. The van der Waals surface area contributed by atoms with Gasteiger partial charge in [-0.25, -0.2) is 9.40 Å². The van der Waals surface area contributed by atoms with Gasteiger partial charge in [-0.1, -0.05) is 12.1 Å². The second-order valence-corrected chi connectivity index (χ2v) is 5.76. The average Bonchev–Trinajstić information content (AvgIpc) is 2.59. The molecule has 7 heteroatoms. The predicted octanol–water partition coefficient (Wildman–Crippen LogP) is 2.36. The molecular weight excluding hydrogens is 323 g/mol. The number of nitrogens with zero attached hydrogens (tertiary/aromatic N) is 3.